The number of sulfonamides is 1. The molecule has 0 radical (unpaired) electrons. The summed E-state index contributed by atoms with van der Waals surface area (Å²) in [6.07, 6.45) is 0. The van der Waals surface area contributed by atoms with Crippen LogP contribution < -0.4 is 15.4 Å². The number of hydrogen-bond acceptors (Lipinski definition) is 6. The lowest BCUT2D eigenvalue weighted by atomic mass is 10.3. The number of nitrogens with one attached hydrogen (secondary N) is 2. The molecule has 0 spiro atoms. The number of likely N-dealkylation sites (N-methyl/N-ethyl adjacent to an activating group) is 1. The minimum atomic E-state index is -3.75. The molecule has 0 bridgehead atoms. The average Bonchev–Trinajstić information content (AvgIpc) is 2.67. The lowest BCUT2D eigenvalue weighted by molar-refractivity contribution is -0.117. The Balaban J connectivity index is 1.68. The van der Waals surface area contributed by atoms with Gasteiger partial charge in [0.25, 0.3) is 10.0 Å². The van der Waals surface area contributed by atoms with E-state index in [2.05, 4.69) is 15.0 Å². The zero-order chi connectivity index (χ0) is 20.1. The number of nitrogens with zero attached hydrogens (tertiary/aromatic N) is 2. The highest BCUT2D eigenvalue weighted by atomic mass is 32.2. The minimum absolute atomic E-state index is 0.0803. The molecule has 1 aliphatic rings. The molecule has 0 atom stereocenters. The number of methoxy groups -OCH3 is 1. The Morgan fingerprint density at radius 2 is 1.89 bits per heavy atom. The van der Waals surface area contributed by atoms with E-state index in [1.807, 2.05) is 13.0 Å². The van der Waals surface area contributed by atoms with Crippen LogP contribution in [-0.2, 0) is 14.8 Å². The van der Waals surface area contributed by atoms with Gasteiger partial charge in [-0.25, -0.2) is 0 Å². The zero-order valence-electron chi connectivity index (χ0n) is 15.7. The van der Waals surface area contributed by atoms with Crippen LogP contribution in [0.4, 0.5) is 11.4 Å². The SMILES string of the molecule is CCN(CC(=O)Nc1ccccc1OC)CC1=NS(=O)(=O)c2ccccc2N1. The molecule has 8 nitrogen and oxygen atoms in total. The quantitative estimate of drug-likeness (QED) is 0.736. The molecule has 3 rings (SSSR count). The molecule has 0 aliphatic carbocycles. The van der Waals surface area contributed by atoms with Gasteiger partial charge in [0.1, 0.15) is 16.5 Å². The first kappa shape index (κ1) is 19.8. The highest BCUT2D eigenvalue weighted by molar-refractivity contribution is 7.90. The van der Waals surface area contributed by atoms with E-state index in [1.165, 1.54) is 13.2 Å². The number of para-hydroxylation sites is 3. The van der Waals surface area contributed by atoms with Gasteiger partial charge in [-0.05, 0) is 30.8 Å². The van der Waals surface area contributed by atoms with Crippen molar-refractivity contribution in [2.24, 2.45) is 4.40 Å². The first-order chi connectivity index (χ1) is 13.4. The smallest absolute Gasteiger partial charge is 0.286 e. The second kappa shape index (κ2) is 8.41. The number of ether oxygens (including phenoxy) is 1. The van der Waals surface area contributed by atoms with Crippen LogP contribution in [0.1, 0.15) is 6.92 Å². The second-order valence-corrected chi connectivity index (χ2v) is 7.76. The van der Waals surface area contributed by atoms with Crippen LogP contribution in [0.3, 0.4) is 0 Å². The maximum atomic E-state index is 12.4. The van der Waals surface area contributed by atoms with Gasteiger partial charge in [0.05, 0.1) is 31.6 Å². The monoisotopic (exact) mass is 402 g/mol. The van der Waals surface area contributed by atoms with Crippen molar-refractivity contribution in [1.29, 1.82) is 0 Å². The molecule has 1 amide bonds. The highest BCUT2D eigenvalue weighted by Crippen LogP contribution is 2.26. The predicted octanol–water partition coefficient (Wildman–Crippen LogP) is 2.17. The summed E-state index contributed by atoms with van der Waals surface area (Å²) in [5.74, 6) is 0.622. The van der Waals surface area contributed by atoms with Crippen LogP contribution in [-0.4, -0.2) is 51.8 Å². The summed E-state index contributed by atoms with van der Waals surface area (Å²) in [4.78, 5) is 14.4. The third-order valence-electron chi connectivity index (χ3n) is 4.24. The number of anilines is 2. The van der Waals surface area contributed by atoms with E-state index in [-0.39, 0.29) is 29.7 Å². The number of amidine groups is 1. The Labute approximate surface area is 164 Å². The van der Waals surface area contributed by atoms with Crippen LogP contribution in [0.5, 0.6) is 5.75 Å². The van der Waals surface area contributed by atoms with Crippen LogP contribution in [0.25, 0.3) is 0 Å². The van der Waals surface area contributed by atoms with Crippen molar-refractivity contribution < 1.29 is 17.9 Å². The topological polar surface area (TPSA) is 100 Å². The Kier molecular flexibility index (Phi) is 5.96. The Morgan fingerprint density at radius 3 is 2.64 bits per heavy atom. The van der Waals surface area contributed by atoms with Crippen LogP contribution in [0, 0.1) is 0 Å². The lowest BCUT2D eigenvalue weighted by Gasteiger charge is -2.24. The first-order valence-corrected chi connectivity index (χ1v) is 10.2. The second-order valence-electron chi connectivity index (χ2n) is 6.19. The summed E-state index contributed by atoms with van der Waals surface area (Å²) < 4.78 is 33.8. The van der Waals surface area contributed by atoms with Gasteiger partial charge < -0.3 is 15.4 Å². The van der Waals surface area contributed by atoms with Gasteiger partial charge in [-0.1, -0.05) is 31.2 Å². The van der Waals surface area contributed by atoms with E-state index in [9.17, 15) is 13.2 Å². The van der Waals surface area contributed by atoms with Crippen LogP contribution in [0.2, 0.25) is 0 Å². The molecular formula is C19H22N4O4S. The zero-order valence-corrected chi connectivity index (χ0v) is 16.5. The van der Waals surface area contributed by atoms with Gasteiger partial charge in [0.15, 0.2) is 0 Å². The highest BCUT2D eigenvalue weighted by Gasteiger charge is 2.25. The maximum absolute atomic E-state index is 12.4. The fourth-order valence-corrected chi connectivity index (χ4v) is 4.01. The van der Waals surface area contributed by atoms with E-state index in [4.69, 9.17) is 4.74 Å². The lowest BCUT2D eigenvalue weighted by Crippen LogP contribution is -2.40. The number of carbonyl (C=O) groups is 1. The standard InChI is InChI=1S/C19H22N4O4S/c1-3-23(13-19(24)21-14-8-4-6-10-16(14)27-2)12-18-20-15-9-5-7-11-17(15)28(25,26)22-18/h4-11H,3,12-13H2,1-2H3,(H,20,22)(H,21,24). The summed E-state index contributed by atoms with van der Waals surface area (Å²) >= 11 is 0. The van der Waals surface area contributed by atoms with Gasteiger partial charge >= 0.3 is 0 Å². The molecular weight excluding hydrogens is 380 g/mol. The normalized spacial score (nSPS) is 14.6. The number of fused-ring (bicyclic) bond motifs is 1. The van der Waals surface area contributed by atoms with Crippen molar-refractivity contribution in [2.45, 2.75) is 11.8 Å². The Hall–Kier alpha value is -2.91. The minimum Gasteiger partial charge on any atom is -0.495 e. The van der Waals surface area contributed by atoms with Crippen LogP contribution >= 0.6 is 0 Å². The molecule has 9 heteroatoms. The van der Waals surface area contributed by atoms with Crippen molar-refractivity contribution >= 4 is 33.1 Å². The average molecular weight is 402 g/mol. The molecule has 28 heavy (non-hydrogen) atoms. The molecule has 1 heterocycles. The maximum Gasteiger partial charge on any atom is 0.286 e. The van der Waals surface area contributed by atoms with Gasteiger partial charge in [-0.3, -0.25) is 9.69 Å². The van der Waals surface area contributed by atoms with E-state index in [0.29, 0.717) is 23.7 Å². The molecule has 0 fully saturated rings. The van der Waals surface area contributed by atoms with E-state index < -0.39 is 10.0 Å². The van der Waals surface area contributed by atoms with Crippen molar-refractivity contribution in [3.05, 3.63) is 48.5 Å². The van der Waals surface area contributed by atoms with Gasteiger partial charge in [0, 0.05) is 0 Å². The van der Waals surface area contributed by atoms with Crippen LogP contribution in [0.15, 0.2) is 57.8 Å². The molecule has 2 aromatic rings. The summed E-state index contributed by atoms with van der Waals surface area (Å²) in [5.41, 5.74) is 1.07. The molecule has 2 N–H and O–H groups in total. The van der Waals surface area contributed by atoms with E-state index >= 15 is 0 Å². The van der Waals surface area contributed by atoms with Gasteiger partial charge in [-0.2, -0.15) is 8.42 Å². The third-order valence-corrected chi connectivity index (χ3v) is 5.62. The summed E-state index contributed by atoms with van der Waals surface area (Å²) in [6.45, 7) is 2.71. The fraction of sp³-hybridized carbons (Fsp3) is 0.263. The molecule has 0 saturated heterocycles. The number of benzene rings is 2. The van der Waals surface area contributed by atoms with Crippen molar-refractivity contribution in [3.63, 3.8) is 0 Å². The molecule has 1 aliphatic heterocycles. The van der Waals surface area contributed by atoms with E-state index in [1.54, 1.807) is 41.3 Å². The van der Waals surface area contributed by atoms with Crippen molar-refractivity contribution in [1.82, 2.24) is 4.90 Å². The first-order valence-electron chi connectivity index (χ1n) is 8.78. The third kappa shape index (κ3) is 4.49. The summed E-state index contributed by atoms with van der Waals surface area (Å²) in [7, 11) is -2.21. The number of rotatable bonds is 7. The molecule has 0 aromatic heterocycles. The summed E-state index contributed by atoms with van der Waals surface area (Å²) in [5, 5.41) is 5.85. The van der Waals surface area contributed by atoms with Gasteiger partial charge in [0.2, 0.25) is 5.91 Å². The molecule has 0 unspecified atom stereocenters. The molecule has 2 aromatic carbocycles. The number of amides is 1. The van der Waals surface area contributed by atoms with E-state index in [0.717, 1.165) is 0 Å². The van der Waals surface area contributed by atoms with Gasteiger partial charge in [-0.15, -0.1) is 4.40 Å². The number of hydrogen-bond donors (Lipinski definition) is 2. The fourth-order valence-electron chi connectivity index (χ4n) is 2.87. The summed E-state index contributed by atoms with van der Waals surface area (Å²) in [6, 6.07) is 13.7. The Morgan fingerprint density at radius 1 is 1.18 bits per heavy atom. The number of carbonyl (C=O) groups excluding carboxylic acids is 1. The Bertz CT molecular complexity index is 1000. The predicted molar refractivity (Wildman–Crippen MR) is 108 cm³/mol. The molecule has 148 valence electrons. The van der Waals surface area contributed by atoms with Crippen molar-refractivity contribution in [2.75, 3.05) is 37.4 Å². The van der Waals surface area contributed by atoms with Crippen molar-refractivity contribution in [3.8, 4) is 5.75 Å². The largest absolute Gasteiger partial charge is 0.495 e. The molecule has 0 saturated carbocycles.